The predicted octanol–water partition coefficient (Wildman–Crippen LogP) is 3.35. The van der Waals surface area contributed by atoms with Gasteiger partial charge < -0.3 is 5.32 Å². The van der Waals surface area contributed by atoms with Crippen LogP contribution in [-0.2, 0) is 6.42 Å². The fourth-order valence-corrected chi connectivity index (χ4v) is 1.96. The van der Waals surface area contributed by atoms with Crippen LogP contribution in [0.5, 0.6) is 0 Å². The van der Waals surface area contributed by atoms with Gasteiger partial charge in [-0.1, -0.05) is 37.3 Å². The molecule has 0 saturated heterocycles. The van der Waals surface area contributed by atoms with E-state index in [1.807, 2.05) is 11.8 Å². The quantitative estimate of drug-likeness (QED) is 0.696. The molecule has 0 fully saturated rings. The number of rotatable bonds is 8. The largest absolute Gasteiger partial charge is 0.317 e. The van der Waals surface area contributed by atoms with Gasteiger partial charge in [-0.05, 0) is 44.2 Å². The Morgan fingerprint density at radius 1 is 1.19 bits per heavy atom. The molecule has 0 aliphatic carbocycles. The Morgan fingerprint density at radius 3 is 2.62 bits per heavy atom. The van der Waals surface area contributed by atoms with Gasteiger partial charge in [0.2, 0.25) is 0 Å². The summed E-state index contributed by atoms with van der Waals surface area (Å²) in [6, 6.07) is 10.7. The minimum Gasteiger partial charge on any atom is -0.317 e. The van der Waals surface area contributed by atoms with E-state index in [0.29, 0.717) is 0 Å². The van der Waals surface area contributed by atoms with E-state index in [1.165, 1.54) is 24.8 Å². The Hall–Kier alpha value is -0.470. The molecule has 0 aliphatic heterocycles. The first-order chi connectivity index (χ1) is 7.83. The zero-order valence-corrected chi connectivity index (χ0v) is 11.2. The summed E-state index contributed by atoms with van der Waals surface area (Å²) in [6.07, 6.45) is 5.87. The lowest BCUT2D eigenvalue weighted by Gasteiger charge is -2.08. The van der Waals surface area contributed by atoms with Gasteiger partial charge in [-0.3, -0.25) is 0 Å². The zero-order chi connectivity index (χ0) is 11.6. The molecule has 16 heavy (non-hydrogen) atoms. The van der Waals surface area contributed by atoms with Crippen LogP contribution >= 0.6 is 11.8 Å². The summed E-state index contributed by atoms with van der Waals surface area (Å²) in [7, 11) is 0. The van der Waals surface area contributed by atoms with Crippen LogP contribution in [0.2, 0.25) is 0 Å². The van der Waals surface area contributed by atoms with Crippen LogP contribution in [0.15, 0.2) is 30.3 Å². The fourth-order valence-electron chi connectivity index (χ4n) is 1.61. The highest BCUT2D eigenvalue weighted by Crippen LogP contribution is 2.08. The molecule has 1 unspecified atom stereocenters. The second-order valence-corrected chi connectivity index (χ2v) is 5.45. The summed E-state index contributed by atoms with van der Waals surface area (Å²) in [5.41, 5.74) is 1.45. The van der Waals surface area contributed by atoms with Crippen LogP contribution in [0, 0.1) is 0 Å². The van der Waals surface area contributed by atoms with E-state index in [4.69, 9.17) is 0 Å². The second kappa shape index (κ2) is 8.66. The maximum atomic E-state index is 3.51. The summed E-state index contributed by atoms with van der Waals surface area (Å²) in [4.78, 5) is 0. The van der Waals surface area contributed by atoms with E-state index < -0.39 is 0 Å². The van der Waals surface area contributed by atoms with E-state index in [1.54, 1.807) is 0 Å². The SMILES string of the molecule is CSC(C)CCNCCCc1ccccc1. The molecule has 1 atom stereocenters. The second-order valence-electron chi connectivity index (χ2n) is 4.17. The Morgan fingerprint density at radius 2 is 1.94 bits per heavy atom. The van der Waals surface area contributed by atoms with Gasteiger partial charge in [0.15, 0.2) is 0 Å². The number of nitrogens with one attached hydrogen (secondary N) is 1. The molecule has 1 N–H and O–H groups in total. The Labute approximate surface area is 104 Å². The third-order valence-electron chi connectivity index (χ3n) is 2.79. The van der Waals surface area contributed by atoms with Crippen LogP contribution in [0.1, 0.15) is 25.3 Å². The molecule has 1 rings (SSSR count). The third kappa shape index (κ3) is 6.19. The molecule has 0 heterocycles. The smallest absolute Gasteiger partial charge is 0.00280 e. The van der Waals surface area contributed by atoms with E-state index in [2.05, 4.69) is 48.8 Å². The summed E-state index contributed by atoms with van der Waals surface area (Å²) >= 11 is 1.95. The highest BCUT2D eigenvalue weighted by atomic mass is 32.2. The molecule has 0 amide bonds. The van der Waals surface area contributed by atoms with Gasteiger partial charge in [0.05, 0.1) is 0 Å². The molecule has 90 valence electrons. The summed E-state index contributed by atoms with van der Waals surface area (Å²) in [6.45, 7) is 4.57. The lowest BCUT2D eigenvalue weighted by atomic mass is 10.1. The maximum Gasteiger partial charge on any atom is 0.00280 e. The molecule has 1 aromatic rings. The van der Waals surface area contributed by atoms with Gasteiger partial charge in [-0.25, -0.2) is 0 Å². The highest BCUT2D eigenvalue weighted by Gasteiger charge is 1.97. The van der Waals surface area contributed by atoms with Crippen molar-refractivity contribution in [1.82, 2.24) is 5.32 Å². The van der Waals surface area contributed by atoms with Crippen molar-refractivity contribution in [2.45, 2.75) is 31.4 Å². The molecule has 0 bridgehead atoms. The van der Waals surface area contributed by atoms with Crippen molar-refractivity contribution in [3.63, 3.8) is 0 Å². The van der Waals surface area contributed by atoms with Crippen LogP contribution in [0.3, 0.4) is 0 Å². The summed E-state index contributed by atoms with van der Waals surface area (Å²) < 4.78 is 0. The Kier molecular flexibility index (Phi) is 7.35. The van der Waals surface area contributed by atoms with Crippen molar-refractivity contribution >= 4 is 11.8 Å². The molecule has 0 saturated carbocycles. The van der Waals surface area contributed by atoms with E-state index >= 15 is 0 Å². The molecular formula is C14H23NS. The molecule has 0 spiro atoms. The Bertz CT molecular complexity index is 261. The van der Waals surface area contributed by atoms with E-state index in [9.17, 15) is 0 Å². The molecule has 2 heteroatoms. The van der Waals surface area contributed by atoms with Gasteiger partial charge in [0.25, 0.3) is 0 Å². The van der Waals surface area contributed by atoms with Crippen LogP contribution in [0.25, 0.3) is 0 Å². The first-order valence-electron chi connectivity index (χ1n) is 6.10. The van der Waals surface area contributed by atoms with E-state index in [0.717, 1.165) is 18.3 Å². The van der Waals surface area contributed by atoms with Crippen LogP contribution in [0.4, 0.5) is 0 Å². The number of aryl methyl sites for hydroxylation is 1. The average Bonchev–Trinajstić information content (AvgIpc) is 2.34. The molecule has 0 aliphatic rings. The van der Waals surface area contributed by atoms with Gasteiger partial charge in [0.1, 0.15) is 0 Å². The average molecular weight is 237 g/mol. The van der Waals surface area contributed by atoms with Crippen molar-refractivity contribution in [1.29, 1.82) is 0 Å². The molecule has 0 radical (unpaired) electrons. The van der Waals surface area contributed by atoms with Crippen molar-refractivity contribution < 1.29 is 0 Å². The number of benzene rings is 1. The van der Waals surface area contributed by atoms with Crippen molar-refractivity contribution in [3.05, 3.63) is 35.9 Å². The number of hydrogen-bond donors (Lipinski definition) is 1. The number of thioether (sulfide) groups is 1. The van der Waals surface area contributed by atoms with Gasteiger partial charge in [-0.2, -0.15) is 11.8 Å². The topological polar surface area (TPSA) is 12.0 Å². The van der Waals surface area contributed by atoms with Gasteiger partial charge in [0, 0.05) is 5.25 Å². The van der Waals surface area contributed by atoms with E-state index in [-0.39, 0.29) is 0 Å². The first kappa shape index (κ1) is 13.6. The summed E-state index contributed by atoms with van der Waals surface area (Å²) in [5.74, 6) is 0. The molecular weight excluding hydrogens is 214 g/mol. The lowest BCUT2D eigenvalue weighted by molar-refractivity contribution is 0.621. The van der Waals surface area contributed by atoms with Gasteiger partial charge >= 0.3 is 0 Å². The zero-order valence-electron chi connectivity index (χ0n) is 10.4. The van der Waals surface area contributed by atoms with Gasteiger partial charge in [-0.15, -0.1) is 0 Å². The van der Waals surface area contributed by atoms with Crippen molar-refractivity contribution in [3.8, 4) is 0 Å². The molecule has 1 aromatic carbocycles. The fraction of sp³-hybridized carbons (Fsp3) is 0.571. The first-order valence-corrected chi connectivity index (χ1v) is 7.39. The normalized spacial score (nSPS) is 12.6. The standard InChI is InChI=1S/C14H23NS/c1-13(16-2)10-12-15-11-6-9-14-7-4-3-5-8-14/h3-5,7-8,13,15H,6,9-12H2,1-2H3. The molecule has 1 nitrogen and oxygen atoms in total. The monoisotopic (exact) mass is 237 g/mol. The van der Waals surface area contributed by atoms with Crippen LogP contribution in [-0.4, -0.2) is 24.6 Å². The maximum absolute atomic E-state index is 3.51. The summed E-state index contributed by atoms with van der Waals surface area (Å²) in [5, 5.41) is 4.29. The minimum atomic E-state index is 0.779. The predicted molar refractivity (Wildman–Crippen MR) is 75.2 cm³/mol. The Balaban J connectivity index is 1.96. The molecule has 0 aromatic heterocycles. The third-order valence-corrected chi connectivity index (χ3v) is 3.83. The number of hydrogen-bond acceptors (Lipinski definition) is 2. The highest BCUT2D eigenvalue weighted by molar-refractivity contribution is 7.99. The van der Waals surface area contributed by atoms with Crippen LogP contribution < -0.4 is 5.32 Å². The minimum absolute atomic E-state index is 0.779. The van der Waals surface area contributed by atoms with Crippen molar-refractivity contribution in [2.24, 2.45) is 0 Å². The van der Waals surface area contributed by atoms with Crippen molar-refractivity contribution in [2.75, 3.05) is 19.3 Å². The lowest BCUT2D eigenvalue weighted by Crippen LogP contribution is -2.19.